The second kappa shape index (κ2) is 5.47. The van der Waals surface area contributed by atoms with Crippen LogP contribution in [0.5, 0.6) is 0 Å². The van der Waals surface area contributed by atoms with Gasteiger partial charge in [0.05, 0.1) is 29.5 Å². The van der Waals surface area contributed by atoms with Gasteiger partial charge in [0.15, 0.2) is 0 Å². The van der Waals surface area contributed by atoms with E-state index in [-0.39, 0.29) is 0 Å². The van der Waals surface area contributed by atoms with Crippen molar-refractivity contribution in [3.8, 4) is 0 Å². The zero-order valence-electron chi connectivity index (χ0n) is 11.9. The summed E-state index contributed by atoms with van der Waals surface area (Å²) in [6.45, 7) is 2.80. The number of ether oxygens (including phenoxy) is 1. The number of hydrogen-bond donors (Lipinski definition) is 3. The third-order valence-corrected chi connectivity index (χ3v) is 5.22. The van der Waals surface area contributed by atoms with Gasteiger partial charge in [-0.25, -0.2) is 4.79 Å². The molecule has 0 amide bonds. The first kappa shape index (κ1) is 14.6. The fraction of sp³-hybridized carbons (Fsp3) is 0.643. The minimum Gasteiger partial charge on any atom is -0.462 e. The lowest BCUT2D eigenvalue weighted by Gasteiger charge is -2.17. The van der Waals surface area contributed by atoms with Crippen molar-refractivity contribution in [3.63, 3.8) is 0 Å². The third kappa shape index (κ3) is 2.61. The highest BCUT2D eigenvalue weighted by atomic mass is 32.1. The molecule has 7 heteroatoms. The normalized spacial score (nSPS) is 25.4. The van der Waals surface area contributed by atoms with Gasteiger partial charge in [-0.3, -0.25) is 0 Å². The Kier molecular flexibility index (Phi) is 3.81. The summed E-state index contributed by atoms with van der Waals surface area (Å²) in [5, 5.41) is 20.4. The summed E-state index contributed by atoms with van der Waals surface area (Å²) in [6, 6.07) is 0. The molecule has 1 aliphatic carbocycles. The number of nitrogens with two attached hydrogens (primary N) is 1. The van der Waals surface area contributed by atoms with Crippen LogP contribution < -0.4 is 10.6 Å². The van der Waals surface area contributed by atoms with Gasteiger partial charge in [-0.15, -0.1) is 11.3 Å². The molecule has 1 aromatic rings. The maximum atomic E-state index is 12.0. The minimum atomic E-state index is -0.758. The number of rotatable bonds is 4. The van der Waals surface area contributed by atoms with Crippen LogP contribution in [0.2, 0.25) is 0 Å². The maximum Gasteiger partial charge on any atom is 0.350 e. The lowest BCUT2D eigenvalue weighted by Crippen LogP contribution is -2.22. The summed E-state index contributed by atoms with van der Waals surface area (Å²) in [7, 11) is 0. The summed E-state index contributed by atoms with van der Waals surface area (Å²) in [5.41, 5.74) is 7.67. The smallest absolute Gasteiger partial charge is 0.350 e. The van der Waals surface area contributed by atoms with Gasteiger partial charge in [0.25, 0.3) is 0 Å². The molecule has 1 aromatic heterocycles. The number of anilines is 2. The molecule has 0 aromatic carbocycles. The molecule has 21 heavy (non-hydrogen) atoms. The summed E-state index contributed by atoms with van der Waals surface area (Å²) >= 11 is 1.31. The Morgan fingerprint density at radius 3 is 2.52 bits per heavy atom. The van der Waals surface area contributed by atoms with Gasteiger partial charge < -0.3 is 25.6 Å². The van der Waals surface area contributed by atoms with Gasteiger partial charge >= 0.3 is 5.97 Å². The number of carbonyl (C=O) groups excluding carboxylic acids is 1. The Balaban J connectivity index is 1.95. The van der Waals surface area contributed by atoms with Crippen LogP contribution in [0.3, 0.4) is 0 Å². The number of hydrogen-bond acceptors (Lipinski definition) is 7. The Labute approximate surface area is 127 Å². The molecule has 2 unspecified atom stereocenters. The molecule has 2 heterocycles. The van der Waals surface area contributed by atoms with Crippen LogP contribution in [-0.4, -0.2) is 48.1 Å². The number of carbonyl (C=O) groups is 1. The van der Waals surface area contributed by atoms with E-state index in [0.717, 1.165) is 23.4 Å². The Morgan fingerprint density at radius 2 is 2.00 bits per heavy atom. The maximum absolute atomic E-state index is 12.0. The van der Waals surface area contributed by atoms with Crippen LogP contribution in [0.15, 0.2) is 0 Å². The highest BCUT2D eigenvalue weighted by molar-refractivity contribution is 7.18. The topological polar surface area (TPSA) is 96.0 Å². The number of β-amino-alcohol motifs (C(OH)–C–C–N with tert-alkyl or cyclic N) is 2. The van der Waals surface area contributed by atoms with Crippen LogP contribution in [0, 0.1) is 0 Å². The molecule has 3 rings (SSSR count). The fourth-order valence-electron chi connectivity index (χ4n) is 2.73. The number of nitrogen functional groups attached to an aromatic ring is 1. The van der Waals surface area contributed by atoms with Crippen molar-refractivity contribution in [1.29, 1.82) is 0 Å². The molecule has 0 radical (unpaired) electrons. The second-order valence-corrected chi connectivity index (χ2v) is 6.60. The number of thiophene rings is 1. The van der Waals surface area contributed by atoms with E-state index in [1.165, 1.54) is 11.3 Å². The summed E-state index contributed by atoms with van der Waals surface area (Å²) in [5.74, 6) is -0.0113. The summed E-state index contributed by atoms with van der Waals surface area (Å²) in [6.07, 6.45) is 0.613. The number of esters is 1. The van der Waals surface area contributed by atoms with Crippen molar-refractivity contribution >= 4 is 28.0 Å². The average molecular weight is 312 g/mol. The molecule has 1 saturated carbocycles. The van der Waals surface area contributed by atoms with E-state index >= 15 is 0 Å². The number of aliphatic hydroxyl groups excluding tert-OH is 2. The predicted octanol–water partition coefficient (Wildman–Crippen LogP) is 0.926. The van der Waals surface area contributed by atoms with Crippen LogP contribution in [0.4, 0.5) is 10.7 Å². The van der Waals surface area contributed by atoms with Crippen molar-refractivity contribution < 1.29 is 19.7 Å². The highest BCUT2D eigenvalue weighted by Gasteiger charge is 2.38. The number of nitrogens with zero attached hydrogens (tertiary/aromatic N) is 1. The molecule has 2 atom stereocenters. The first-order chi connectivity index (χ1) is 10.0. The van der Waals surface area contributed by atoms with Gasteiger partial charge in [0.2, 0.25) is 0 Å². The van der Waals surface area contributed by atoms with E-state index in [2.05, 4.69) is 0 Å². The molecule has 0 spiro atoms. The van der Waals surface area contributed by atoms with E-state index < -0.39 is 18.2 Å². The largest absolute Gasteiger partial charge is 0.462 e. The van der Waals surface area contributed by atoms with E-state index in [1.807, 2.05) is 4.90 Å². The third-order valence-electron chi connectivity index (χ3n) is 3.96. The van der Waals surface area contributed by atoms with Gasteiger partial charge in [-0.2, -0.15) is 0 Å². The lowest BCUT2D eigenvalue weighted by molar-refractivity contribution is 0.0533. The van der Waals surface area contributed by atoms with Gasteiger partial charge in [-0.05, 0) is 25.7 Å². The van der Waals surface area contributed by atoms with E-state index in [0.29, 0.717) is 36.2 Å². The molecule has 2 fully saturated rings. The molecule has 0 bridgehead atoms. The van der Waals surface area contributed by atoms with Crippen molar-refractivity contribution in [1.82, 2.24) is 0 Å². The highest BCUT2D eigenvalue weighted by Crippen LogP contribution is 2.52. The number of aliphatic hydroxyl groups is 2. The van der Waals surface area contributed by atoms with Crippen molar-refractivity contribution in [2.45, 2.75) is 37.9 Å². The van der Waals surface area contributed by atoms with Crippen molar-refractivity contribution in [3.05, 3.63) is 10.4 Å². The molecular weight excluding hydrogens is 292 g/mol. The zero-order valence-corrected chi connectivity index (χ0v) is 12.7. The van der Waals surface area contributed by atoms with Gasteiger partial charge in [-0.1, -0.05) is 0 Å². The molecule has 1 aliphatic heterocycles. The van der Waals surface area contributed by atoms with Crippen LogP contribution in [0.25, 0.3) is 0 Å². The van der Waals surface area contributed by atoms with E-state index in [4.69, 9.17) is 10.5 Å². The monoisotopic (exact) mass is 312 g/mol. The van der Waals surface area contributed by atoms with Gasteiger partial charge in [0.1, 0.15) is 4.88 Å². The second-order valence-electron chi connectivity index (χ2n) is 5.60. The van der Waals surface area contributed by atoms with Crippen molar-refractivity contribution in [2.75, 3.05) is 30.3 Å². The summed E-state index contributed by atoms with van der Waals surface area (Å²) in [4.78, 5) is 14.4. The van der Waals surface area contributed by atoms with Crippen LogP contribution in [-0.2, 0) is 4.74 Å². The van der Waals surface area contributed by atoms with E-state index in [1.54, 1.807) is 6.92 Å². The predicted molar refractivity (Wildman–Crippen MR) is 80.9 cm³/mol. The SMILES string of the molecule is CCOC(=O)c1sc(N2CC(O)C(O)C2)c(C2CC2)c1N. The molecule has 2 aliphatic rings. The fourth-order valence-corrected chi connectivity index (χ4v) is 3.95. The average Bonchev–Trinajstić information content (AvgIpc) is 3.13. The minimum absolute atomic E-state index is 0.311. The van der Waals surface area contributed by atoms with E-state index in [9.17, 15) is 15.0 Å². The van der Waals surface area contributed by atoms with Crippen LogP contribution >= 0.6 is 11.3 Å². The lowest BCUT2D eigenvalue weighted by atomic mass is 10.1. The Morgan fingerprint density at radius 1 is 1.38 bits per heavy atom. The molecule has 1 saturated heterocycles. The summed E-state index contributed by atoms with van der Waals surface area (Å²) < 4.78 is 5.06. The Bertz CT molecular complexity index is 545. The van der Waals surface area contributed by atoms with Crippen LogP contribution in [0.1, 0.15) is 40.9 Å². The standard InChI is InChI=1S/C14H20N2O4S/c1-2-20-14(19)12-11(15)10(7-3-4-7)13(21-12)16-5-8(17)9(18)6-16/h7-9,17-18H,2-6,15H2,1H3. The molecule has 4 N–H and O–H groups in total. The first-order valence-electron chi connectivity index (χ1n) is 7.23. The molecular formula is C14H20N2O4S. The quantitative estimate of drug-likeness (QED) is 0.716. The Hall–Kier alpha value is -1.31. The molecule has 116 valence electrons. The van der Waals surface area contributed by atoms with Gasteiger partial charge in [0, 0.05) is 18.7 Å². The van der Waals surface area contributed by atoms with Crippen molar-refractivity contribution in [2.24, 2.45) is 0 Å². The molecule has 6 nitrogen and oxygen atoms in total. The zero-order chi connectivity index (χ0) is 15.1. The first-order valence-corrected chi connectivity index (χ1v) is 8.04.